The van der Waals surface area contributed by atoms with Gasteiger partial charge in [-0.25, -0.2) is 4.90 Å². The Morgan fingerprint density at radius 3 is 2.30 bits per heavy atom. The van der Waals surface area contributed by atoms with Gasteiger partial charge in [-0.2, -0.15) is 0 Å². The summed E-state index contributed by atoms with van der Waals surface area (Å²) in [7, 11) is 1.57. The van der Waals surface area contributed by atoms with E-state index in [0.29, 0.717) is 22.6 Å². The highest BCUT2D eigenvalue weighted by molar-refractivity contribution is 6.40. The summed E-state index contributed by atoms with van der Waals surface area (Å²) < 4.78 is 5.16. The average Bonchev–Trinajstić information content (AvgIpc) is 2.99. The van der Waals surface area contributed by atoms with E-state index in [9.17, 15) is 14.4 Å². The first-order chi connectivity index (χ1) is 14.5. The van der Waals surface area contributed by atoms with Crippen LogP contribution in [0.15, 0.2) is 66.7 Å². The lowest BCUT2D eigenvalue weighted by atomic mass is 10.1. The minimum atomic E-state index is -0.424. The number of benzene rings is 3. The molecule has 150 valence electrons. The second-order valence-corrected chi connectivity index (χ2v) is 7.14. The summed E-state index contributed by atoms with van der Waals surface area (Å²) in [5.74, 6) is -0.402. The number of methoxy groups -OCH3 is 1. The Bertz CT molecular complexity index is 1140. The van der Waals surface area contributed by atoms with Crippen LogP contribution in [0, 0.1) is 0 Å². The number of ether oxygens (including phenoxy) is 1. The second-order valence-electron chi connectivity index (χ2n) is 6.73. The predicted octanol–water partition coefficient (Wildman–Crippen LogP) is 4.33. The second kappa shape index (κ2) is 8.00. The van der Waals surface area contributed by atoms with Gasteiger partial charge < -0.3 is 10.1 Å². The van der Waals surface area contributed by atoms with Crippen LogP contribution >= 0.6 is 11.6 Å². The van der Waals surface area contributed by atoms with Gasteiger partial charge in [-0.05, 0) is 48.0 Å². The van der Waals surface area contributed by atoms with E-state index in [-0.39, 0.29) is 23.0 Å². The highest BCUT2D eigenvalue weighted by Gasteiger charge is 2.37. The molecule has 0 aromatic heterocycles. The predicted molar refractivity (Wildman–Crippen MR) is 114 cm³/mol. The zero-order valence-electron chi connectivity index (χ0n) is 16.0. The first-order valence-electron chi connectivity index (χ1n) is 9.18. The minimum Gasteiger partial charge on any atom is -0.497 e. The van der Waals surface area contributed by atoms with E-state index in [1.54, 1.807) is 55.6 Å². The van der Waals surface area contributed by atoms with Crippen LogP contribution in [0.1, 0.15) is 26.3 Å². The Balaban J connectivity index is 1.51. The van der Waals surface area contributed by atoms with Crippen LogP contribution in [0.5, 0.6) is 5.75 Å². The highest BCUT2D eigenvalue weighted by Crippen LogP contribution is 2.34. The highest BCUT2D eigenvalue weighted by atomic mass is 35.5. The zero-order valence-corrected chi connectivity index (χ0v) is 16.8. The number of carbonyl (C=O) groups is 3. The largest absolute Gasteiger partial charge is 0.497 e. The molecule has 0 aliphatic carbocycles. The molecule has 0 saturated carbocycles. The van der Waals surface area contributed by atoms with Crippen LogP contribution in [0.25, 0.3) is 0 Å². The number of hydrogen-bond donors (Lipinski definition) is 1. The fraction of sp³-hybridized carbons (Fsp3) is 0.0870. The molecule has 1 heterocycles. The van der Waals surface area contributed by atoms with Crippen molar-refractivity contribution in [1.82, 2.24) is 0 Å². The molecule has 0 unspecified atom stereocenters. The topological polar surface area (TPSA) is 75.7 Å². The normalized spacial score (nSPS) is 12.7. The molecule has 3 aromatic carbocycles. The molecular weight excluding hydrogens is 404 g/mol. The lowest BCUT2D eigenvalue weighted by molar-refractivity contribution is -0.115. The van der Waals surface area contributed by atoms with Gasteiger partial charge in [0, 0.05) is 5.69 Å². The van der Waals surface area contributed by atoms with Crippen molar-refractivity contribution in [3.8, 4) is 5.75 Å². The molecule has 6 nitrogen and oxygen atoms in total. The number of nitrogens with zero attached hydrogens (tertiary/aromatic N) is 1. The summed E-state index contributed by atoms with van der Waals surface area (Å²) >= 11 is 6.35. The molecule has 3 amide bonds. The van der Waals surface area contributed by atoms with E-state index in [1.165, 1.54) is 6.07 Å². The van der Waals surface area contributed by atoms with E-state index < -0.39 is 11.8 Å². The molecule has 0 spiro atoms. The Morgan fingerprint density at radius 2 is 1.67 bits per heavy atom. The minimum absolute atomic E-state index is 0.162. The summed E-state index contributed by atoms with van der Waals surface area (Å²) in [4.78, 5) is 38.7. The van der Waals surface area contributed by atoms with E-state index in [2.05, 4.69) is 5.32 Å². The number of nitrogens with one attached hydrogen (secondary N) is 1. The summed E-state index contributed by atoms with van der Waals surface area (Å²) in [5, 5.41) is 2.96. The molecule has 3 aromatic rings. The monoisotopic (exact) mass is 420 g/mol. The number of imide groups is 1. The molecule has 0 radical (unpaired) electrons. The standard InChI is InChI=1S/C23H17ClN2O4/c1-30-16-6-4-5-14(11-16)12-21(27)25-15-9-10-20(19(24)13-15)26-22(28)17-7-2-3-8-18(17)23(26)29/h2-11,13H,12H2,1H3,(H,25,27). The lowest BCUT2D eigenvalue weighted by Gasteiger charge is -2.16. The Kier molecular flexibility index (Phi) is 5.25. The Hall–Kier alpha value is -3.64. The van der Waals surface area contributed by atoms with Crippen LogP contribution in [0.3, 0.4) is 0 Å². The van der Waals surface area contributed by atoms with Gasteiger partial charge in [0.2, 0.25) is 5.91 Å². The van der Waals surface area contributed by atoms with Crippen molar-refractivity contribution >= 4 is 40.7 Å². The summed E-state index contributed by atoms with van der Waals surface area (Å²) in [6.07, 6.45) is 0.162. The van der Waals surface area contributed by atoms with Crippen molar-refractivity contribution in [2.45, 2.75) is 6.42 Å². The van der Waals surface area contributed by atoms with Crippen molar-refractivity contribution in [1.29, 1.82) is 0 Å². The molecule has 1 aliphatic heterocycles. The summed E-state index contributed by atoms with van der Waals surface area (Å²) in [5.41, 5.74) is 2.23. The maximum Gasteiger partial charge on any atom is 0.266 e. The van der Waals surface area contributed by atoms with Crippen LogP contribution in [0.2, 0.25) is 5.02 Å². The Labute approximate surface area is 178 Å². The number of fused-ring (bicyclic) bond motifs is 1. The average molecular weight is 421 g/mol. The lowest BCUT2D eigenvalue weighted by Crippen LogP contribution is -2.29. The molecule has 0 fully saturated rings. The van der Waals surface area contributed by atoms with Crippen LogP contribution < -0.4 is 15.0 Å². The van der Waals surface area contributed by atoms with Gasteiger partial charge >= 0.3 is 0 Å². The van der Waals surface area contributed by atoms with Gasteiger partial charge in [0.25, 0.3) is 11.8 Å². The van der Waals surface area contributed by atoms with Crippen molar-refractivity contribution < 1.29 is 19.1 Å². The van der Waals surface area contributed by atoms with Crippen molar-refractivity contribution in [2.24, 2.45) is 0 Å². The fourth-order valence-corrected chi connectivity index (χ4v) is 3.61. The molecule has 4 rings (SSSR count). The number of rotatable bonds is 5. The number of carbonyl (C=O) groups excluding carboxylic acids is 3. The molecule has 7 heteroatoms. The van der Waals surface area contributed by atoms with Crippen molar-refractivity contribution in [3.63, 3.8) is 0 Å². The third-order valence-corrected chi connectivity index (χ3v) is 5.07. The van der Waals surface area contributed by atoms with E-state index in [1.807, 2.05) is 12.1 Å². The van der Waals surface area contributed by atoms with Crippen LogP contribution in [0.4, 0.5) is 11.4 Å². The molecule has 30 heavy (non-hydrogen) atoms. The third-order valence-electron chi connectivity index (χ3n) is 4.77. The molecule has 0 bridgehead atoms. The molecular formula is C23H17ClN2O4. The third kappa shape index (κ3) is 3.65. The van der Waals surface area contributed by atoms with Crippen molar-refractivity contribution in [3.05, 3.63) is 88.4 Å². The number of halogens is 1. The van der Waals surface area contributed by atoms with Crippen molar-refractivity contribution in [2.75, 3.05) is 17.3 Å². The van der Waals surface area contributed by atoms with Crippen LogP contribution in [-0.4, -0.2) is 24.8 Å². The number of anilines is 2. The summed E-state index contributed by atoms with van der Waals surface area (Å²) in [6.45, 7) is 0. The van der Waals surface area contributed by atoms with Gasteiger partial charge in [0.05, 0.1) is 35.4 Å². The van der Waals surface area contributed by atoms with Gasteiger partial charge in [0.15, 0.2) is 0 Å². The first kappa shape index (κ1) is 19.7. The molecule has 0 atom stereocenters. The van der Waals surface area contributed by atoms with E-state index >= 15 is 0 Å². The van der Waals surface area contributed by atoms with Gasteiger partial charge in [-0.1, -0.05) is 35.9 Å². The van der Waals surface area contributed by atoms with Gasteiger partial charge in [-0.3, -0.25) is 14.4 Å². The fourth-order valence-electron chi connectivity index (χ4n) is 3.35. The first-order valence-corrected chi connectivity index (χ1v) is 9.56. The van der Waals surface area contributed by atoms with Gasteiger partial charge in [0.1, 0.15) is 5.75 Å². The van der Waals surface area contributed by atoms with Crippen LogP contribution in [-0.2, 0) is 11.2 Å². The molecule has 1 aliphatic rings. The molecule has 1 N–H and O–H groups in total. The molecule has 0 saturated heterocycles. The zero-order chi connectivity index (χ0) is 21.3. The quantitative estimate of drug-likeness (QED) is 0.623. The van der Waals surface area contributed by atoms with E-state index in [4.69, 9.17) is 16.3 Å². The van der Waals surface area contributed by atoms with E-state index in [0.717, 1.165) is 10.5 Å². The SMILES string of the molecule is COc1cccc(CC(=O)Nc2ccc(N3C(=O)c4ccccc4C3=O)c(Cl)c2)c1. The maximum atomic E-state index is 12.6. The number of amides is 3. The maximum absolute atomic E-state index is 12.6. The smallest absolute Gasteiger partial charge is 0.266 e. The number of hydrogen-bond acceptors (Lipinski definition) is 4. The van der Waals surface area contributed by atoms with Gasteiger partial charge in [-0.15, -0.1) is 0 Å². The Morgan fingerprint density at radius 1 is 0.967 bits per heavy atom. The summed E-state index contributed by atoms with van der Waals surface area (Å²) in [6, 6.07) is 18.5.